The van der Waals surface area contributed by atoms with Gasteiger partial charge in [0.05, 0.1) is 5.69 Å². The Morgan fingerprint density at radius 2 is 1.75 bits per heavy atom. The van der Waals surface area contributed by atoms with Crippen LogP contribution in [0.15, 0.2) is 53.4 Å². The minimum absolute atomic E-state index is 0.0534. The molecule has 0 saturated carbocycles. The quantitative estimate of drug-likeness (QED) is 0.784. The zero-order valence-electron chi connectivity index (χ0n) is 13.4. The van der Waals surface area contributed by atoms with E-state index in [4.69, 9.17) is 11.6 Å². The van der Waals surface area contributed by atoms with Gasteiger partial charge in [-0.2, -0.15) is 0 Å². The van der Waals surface area contributed by atoms with E-state index in [-0.39, 0.29) is 18.5 Å². The molecule has 2 aromatic rings. The Balaban J connectivity index is 1.90. The topological polar surface area (TPSA) is 61.4 Å². The summed E-state index contributed by atoms with van der Waals surface area (Å²) in [6.07, 6.45) is 1.94. The number of thioether (sulfide) groups is 1. The molecular formula is C17H18ClN3O2S. The van der Waals surface area contributed by atoms with Gasteiger partial charge in [0, 0.05) is 22.7 Å². The first-order valence-electron chi connectivity index (χ1n) is 7.20. The number of hydrogen-bond acceptors (Lipinski definition) is 3. The monoisotopic (exact) mass is 363 g/mol. The van der Waals surface area contributed by atoms with Gasteiger partial charge in [-0.3, -0.25) is 4.79 Å². The summed E-state index contributed by atoms with van der Waals surface area (Å²) in [5.74, 6) is -0.259. The van der Waals surface area contributed by atoms with Crippen LogP contribution in [0.25, 0.3) is 0 Å². The van der Waals surface area contributed by atoms with Gasteiger partial charge in [0.2, 0.25) is 5.91 Å². The molecule has 0 spiro atoms. The van der Waals surface area contributed by atoms with Crippen LogP contribution in [0.3, 0.4) is 0 Å². The lowest BCUT2D eigenvalue weighted by Crippen LogP contribution is -2.37. The maximum atomic E-state index is 12.1. The second kappa shape index (κ2) is 8.61. The molecule has 0 atom stereocenters. The Hall–Kier alpha value is -2.18. The number of likely N-dealkylation sites (N-methyl/N-ethyl adjacent to an activating group) is 1. The van der Waals surface area contributed by atoms with Crippen molar-refractivity contribution in [3.63, 3.8) is 0 Å². The van der Waals surface area contributed by atoms with Crippen LogP contribution in [0.5, 0.6) is 0 Å². The number of carbonyl (C=O) groups is 2. The molecule has 2 aromatic carbocycles. The summed E-state index contributed by atoms with van der Waals surface area (Å²) in [6, 6.07) is 13.9. The van der Waals surface area contributed by atoms with E-state index in [0.717, 1.165) is 10.6 Å². The minimum atomic E-state index is -0.370. The van der Waals surface area contributed by atoms with E-state index in [1.807, 2.05) is 30.5 Å². The van der Waals surface area contributed by atoms with Gasteiger partial charge in [0.25, 0.3) is 0 Å². The van der Waals surface area contributed by atoms with Gasteiger partial charge in [0.15, 0.2) is 0 Å². The highest BCUT2D eigenvalue weighted by Gasteiger charge is 2.14. The minimum Gasteiger partial charge on any atom is -0.324 e. The molecule has 0 bridgehead atoms. The molecule has 0 aliphatic heterocycles. The van der Waals surface area contributed by atoms with E-state index < -0.39 is 0 Å². The van der Waals surface area contributed by atoms with Crippen LogP contribution in [-0.2, 0) is 4.79 Å². The van der Waals surface area contributed by atoms with Gasteiger partial charge < -0.3 is 15.5 Å². The number of carbonyl (C=O) groups excluding carboxylic acids is 2. The predicted octanol–water partition coefficient (Wildman–Crippen LogP) is 4.16. The van der Waals surface area contributed by atoms with Gasteiger partial charge in [-0.15, -0.1) is 11.8 Å². The Labute approximate surface area is 150 Å². The molecule has 0 aromatic heterocycles. The highest BCUT2D eigenvalue weighted by molar-refractivity contribution is 7.98. The number of hydrogen-bond donors (Lipinski definition) is 2. The zero-order valence-corrected chi connectivity index (χ0v) is 14.9. The van der Waals surface area contributed by atoms with Crippen LogP contribution in [0.2, 0.25) is 5.02 Å². The summed E-state index contributed by atoms with van der Waals surface area (Å²) in [6.45, 7) is -0.0534. The fourth-order valence-corrected chi connectivity index (χ4v) is 2.66. The van der Waals surface area contributed by atoms with Gasteiger partial charge in [-0.25, -0.2) is 4.79 Å². The van der Waals surface area contributed by atoms with Crippen molar-refractivity contribution in [3.05, 3.63) is 53.6 Å². The van der Waals surface area contributed by atoms with E-state index in [1.54, 1.807) is 43.1 Å². The summed E-state index contributed by atoms with van der Waals surface area (Å²) in [5, 5.41) is 6.12. The number of nitrogens with zero attached hydrogens (tertiary/aromatic N) is 1. The molecule has 0 aliphatic rings. The van der Waals surface area contributed by atoms with Crippen molar-refractivity contribution < 1.29 is 9.59 Å². The zero-order chi connectivity index (χ0) is 17.5. The van der Waals surface area contributed by atoms with E-state index in [2.05, 4.69) is 10.6 Å². The van der Waals surface area contributed by atoms with Crippen molar-refractivity contribution in [1.82, 2.24) is 4.90 Å². The summed E-state index contributed by atoms with van der Waals surface area (Å²) >= 11 is 7.35. The molecule has 3 amide bonds. The van der Waals surface area contributed by atoms with Gasteiger partial charge in [-0.05, 0) is 42.7 Å². The SMILES string of the molecule is CSc1ccccc1NC(=O)CN(C)C(=O)Nc1ccc(Cl)cc1. The van der Waals surface area contributed by atoms with E-state index >= 15 is 0 Å². The van der Waals surface area contributed by atoms with Gasteiger partial charge >= 0.3 is 6.03 Å². The van der Waals surface area contributed by atoms with Crippen molar-refractivity contribution in [2.75, 3.05) is 30.5 Å². The van der Waals surface area contributed by atoms with Crippen molar-refractivity contribution in [2.45, 2.75) is 4.90 Å². The number of urea groups is 1. The number of anilines is 2. The average molecular weight is 364 g/mol. The fraction of sp³-hybridized carbons (Fsp3) is 0.176. The average Bonchev–Trinajstić information content (AvgIpc) is 2.57. The molecule has 7 heteroatoms. The predicted molar refractivity (Wildman–Crippen MR) is 100.0 cm³/mol. The van der Waals surface area contributed by atoms with E-state index in [9.17, 15) is 9.59 Å². The first kappa shape index (κ1) is 18.2. The second-order valence-electron chi connectivity index (χ2n) is 5.04. The van der Waals surface area contributed by atoms with Crippen LogP contribution in [0.4, 0.5) is 16.2 Å². The molecule has 126 valence electrons. The third-order valence-corrected chi connectivity index (χ3v) is 4.25. The Morgan fingerprint density at radius 1 is 1.08 bits per heavy atom. The third-order valence-electron chi connectivity index (χ3n) is 3.20. The molecule has 2 rings (SSSR count). The molecule has 0 heterocycles. The molecule has 5 nitrogen and oxygen atoms in total. The number of nitrogens with one attached hydrogen (secondary N) is 2. The number of amides is 3. The molecule has 0 fully saturated rings. The van der Waals surface area contributed by atoms with Crippen LogP contribution >= 0.6 is 23.4 Å². The second-order valence-corrected chi connectivity index (χ2v) is 6.33. The Bertz CT molecular complexity index is 722. The molecule has 0 aliphatic carbocycles. The smallest absolute Gasteiger partial charge is 0.322 e. The molecule has 2 N–H and O–H groups in total. The van der Waals surface area contributed by atoms with Crippen molar-refractivity contribution in [3.8, 4) is 0 Å². The number of halogens is 1. The van der Waals surface area contributed by atoms with Gasteiger partial charge in [-0.1, -0.05) is 23.7 Å². The summed E-state index contributed by atoms with van der Waals surface area (Å²) < 4.78 is 0. The maximum absolute atomic E-state index is 12.1. The molecule has 24 heavy (non-hydrogen) atoms. The van der Waals surface area contributed by atoms with E-state index in [0.29, 0.717) is 10.7 Å². The normalized spacial score (nSPS) is 10.1. The van der Waals surface area contributed by atoms with Crippen molar-refractivity contribution >= 4 is 46.7 Å². The Morgan fingerprint density at radius 3 is 2.42 bits per heavy atom. The van der Waals surface area contributed by atoms with Crippen molar-refractivity contribution in [2.24, 2.45) is 0 Å². The first-order valence-corrected chi connectivity index (χ1v) is 8.80. The molecular weight excluding hydrogens is 346 g/mol. The lowest BCUT2D eigenvalue weighted by Gasteiger charge is -2.18. The summed E-state index contributed by atoms with van der Waals surface area (Å²) in [7, 11) is 1.56. The van der Waals surface area contributed by atoms with Crippen molar-refractivity contribution in [1.29, 1.82) is 0 Å². The standard InChI is InChI=1S/C17H18ClN3O2S/c1-21(17(23)19-13-9-7-12(18)8-10-13)11-16(22)20-14-5-3-4-6-15(14)24-2/h3-10H,11H2,1-2H3,(H,19,23)(H,20,22). The molecule has 0 radical (unpaired) electrons. The highest BCUT2D eigenvalue weighted by Crippen LogP contribution is 2.24. The number of benzene rings is 2. The summed E-state index contributed by atoms with van der Waals surface area (Å²) in [5.41, 5.74) is 1.35. The first-order chi connectivity index (χ1) is 11.5. The van der Waals surface area contributed by atoms with Gasteiger partial charge in [0.1, 0.15) is 6.54 Å². The van der Waals surface area contributed by atoms with Crippen LogP contribution in [0.1, 0.15) is 0 Å². The largest absolute Gasteiger partial charge is 0.324 e. The molecule has 0 unspecified atom stereocenters. The highest BCUT2D eigenvalue weighted by atomic mass is 35.5. The molecule has 0 saturated heterocycles. The van der Waals surface area contributed by atoms with Crippen LogP contribution in [0, 0.1) is 0 Å². The lowest BCUT2D eigenvalue weighted by molar-refractivity contribution is -0.116. The summed E-state index contributed by atoms with van der Waals surface area (Å²) in [4.78, 5) is 26.5. The lowest BCUT2D eigenvalue weighted by atomic mass is 10.3. The maximum Gasteiger partial charge on any atom is 0.322 e. The van der Waals surface area contributed by atoms with Crippen LogP contribution in [-0.4, -0.2) is 36.7 Å². The fourth-order valence-electron chi connectivity index (χ4n) is 1.98. The Kier molecular flexibility index (Phi) is 6.52. The van der Waals surface area contributed by atoms with E-state index in [1.165, 1.54) is 4.90 Å². The van der Waals surface area contributed by atoms with Crippen LogP contribution < -0.4 is 10.6 Å². The number of para-hydroxylation sites is 1. The third kappa shape index (κ3) is 5.18. The number of rotatable bonds is 5.